The van der Waals surface area contributed by atoms with Crippen LogP contribution < -0.4 is 4.74 Å². The van der Waals surface area contributed by atoms with Gasteiger partial charge in [-0.15, -0.1) is 0 Å². The second-order valence-corrected chi connectivity index (χ2v) is 5.30. The first kappa shape index (κ1) is 16.3. The Morgan fingerprint density at radius 2 is 1.79 bits per heavy atom. The molecule has 124 valence electrons. The van der Waals surface area contributed by atoms with Gasteiger partial charge in [0.25, 0.3) is 0 Å². The van der Waals surface area contributed by atoms with Gasteiger partial charge in [-0.3, -0.25) is 0 Å². The molecule has 0 saturated heterocycles. The lowest BCUT2D eigenvalue weighted by atomic mass is 10.1. The van der Waals surface area contributed by atoms with Crippen LogP contribution in [0, 0.1) is 0 Å². The third-order valence-electron chi connectivity index (χ3n) is 3.53. The first-order chi connectivity index (χ1) is 11.4. The number of hydrogen-bond acceptors (Lipinski definition) is 3. The summed E-state index contributed by atoms with van der Waals surface area (Å²) in [6.07, 6.45) is -7.24. The molecular weight excluding hydrogens is 319 g/mol. The van der Waals surface area contributed by atoms with Gasteiger partial charge in [0.05, 0.1) is 11.2 Å². The zero-order chi connectivity index (χ0) is 17.2. The summed E-state index contributed by atoms with van der Waals surface area (Å²) < 4.78 is 43.2. The minimum atomic E-state index is -4.71. The molecule has 1 atom stereocenters. The number of alkyl halides is 3. The Hall–Kier alpha value is -2.60. The summed E-state index contributed by atoms with van der Waals surface area (Å²) in [7, 11) is 0. The normalized spacial score (nSPS) is 13.0. The molecule has 1 N–H and O–H groups in total. The van der Waals surface area contributed by atoms with E-state index in [0.29, 0.717) is 5.69 Å². The topological polar surface area (TPSA) is 42.4 Å². The van der Waals surface area contributed by atoms with Gasteiger partial charge in [-0.1, -0.05) is 36.4 Å². The first-order valence-electron chi connectivity index (χ1n) is 7.26. The SMILES string of the molecule is OC(c1cccc(OCc2ccc3ccccc3n2)c1)C(F)(F)F. The van der Waals surface area contributed by atoms with Crippen molar-refractivity contribution in [2.24, 2.45) is 0 Å². The van der Waals surface area contributed by atoms with E-state index in [1.807, 2.05) is 30.3 Å². The molecule has 0 aliphatic carbocycles. The van der Waals surface area contributed by atoms with Gasteiger partial charge in [-0.2, -0.15) is 13.2 Å². The van der Waals surface area contributed by atoms with Crippen molar-refractivity contribution in [3.05, 3.63) is 71.9 Å². The molecule has 3 nitrogen and oxygen atoms in total. The van der Waals surface area contributed by atoms with Crippen LogP contribution in [0.5, 0.6) is 5.75 Å². The molecule has 1 aromatic heterocycles. The number of para-hydroxylation sites is 1. The molecule has 0 fully saturated rings. The second kappa shape index (κ2) is 6.49. The molecule has 24 heavy (non-hydrogen) atoms. The molecule has 0 aliphatic rings. The van der Waals surface area contributed by atoms with E-state index in [-0.39, 0.29) is 17.9 Å². The molecular formula is C18H14F3NO2. The number of halogens is 3. The Labute approximate surface area is 136 Å². The van der Waals surface area contributed by atoms with E-state index in [9.17, 15) is 18.3 Å². The van der Waals surface area contributed by atoms with Crippen LogP contribution in [0.4, 0.5) is 13.2 Å². The van der Waals surface area contributed by atoms with E-state index in [1.165, 1.54) is 24.3 Å². The van der Waals surface area contributed by atoms with E-state index < -0.39 is 12.3 Å². The fourth-order valence-electron chi connectivity index (χ4n) is 2.31. The number of hydrogen-bond donors (Lipinski definition) is 1. The quantitative estimate of drug-likeness (QED) is 0.769. The van der Waals surface area contributed by atoms with Crippen molar-refractivity contribution < 1.29 is 23.0 Å². The van der Waals surface area contributed by atoms with Crippen molar-refractivity contribution in [1.29, 1.82) is 0 Å². The van der Waals surface area contributed by atoms with Gasteiger partial charge in [-0.25, -0.2) is 4.98 Å². The number of aromatic nitrogens is 1. The predicted octanol–water partition coefficient (Wildman–Crippen LogP) is 4.41. The zero-order valence-electron chi connectivity index (χ0n) is 12.5. The molecule has 2 aromatic carbocycles. The predicted molar refractivity (Wildman–Crippen MR) is 83.5 cm³/mol. The summed E-state index contributed by atoms with van der Waals surface area (Å²) in [5, 5.41) is 10.3. The lowest BCUT2D eigenvalue weighted by Crippen LogP contribution is -2.20. The molecule has 3 rings (SSSR count). The van der Waals surface area contributed by atoms with Gasteiger partial charge in [0.2, 0.25) is 0 Å². The highest BCUT2D eigenvalue weighted by Crippen LogP contribution is 2.33. The number of aliphatic hydroxyl groups excluding tert-OH is 1. The zero-order valence-corrected chi connectivity index (χ0v) is 12.5. The second-order valence-electron chi connectivity index (χ2n) is 5.30. The summed E-state index contributed by atoms with van der Waals surface area (Å²) in [6, 6.07) is 16.6. The number of ether oxygens (including phenoxy) is 1. The van der Waals surface area contributed by atoms with E-state index in [1.54, 1.807) is 6.07 Å². The Kier molecular flexibility index (Phi) is 4.40. The molecule has 0 amide bonds. The Bertz CT molecular complexity index is 849. The van der Waals surface area contributed by atoms with E-state index in [0.717, 1.165) is 10.9 Å². The monoisotopic (exact) mass is 333 g/mol. The molecule has 0 bridgehead atoms. The Morgan fingerprint density at radius 3 is 2.58 bits per heavy atom. The maximum Gasteiger partial charge on any atom is 0.418 e. The number of pyridine rings is 1. The molecule has 0 aliphatic heterocycles. The van der Waals surface area contributed by atoms with Gasteiger partial charge >= 0.3 is 6.18 Å². The van der Waals surface area contributed by atoms with Crippen molar-refractivity contribution in [1.82, 2.24) is 4.98 Å². The van der Waals surface area contributed by atoms with Gasteiger partial charge in [0.15, 0.2) is 6.10 Å². The number of nitrogens with zero attached hydrogens (tertiary/aromatic N) is 1. The summed E-state index contributed by atoms with van der Waals surface area (Å²) in [6.45, 7) is 0.121. The van der Waals surface area contributed by atoms with Crippen molar-refractivity contribution in [3.63, 3.8) is 0 Å². The van der Waals surface area contributed by atoms with Gasteiger partial charge < -0.3 is 9.84 Å². The van der Waals surface area contributed by atoms with Crippen LogP contribution in [0.3, 0.4) is 0 Å². The maximum atomic E-state index is 12.6. The molecule has 1 unspecified atom stereocenters. The van der Waals surface area contributed by atoms with Crippen LogP contribution in [0.2, 0.25) is 0 Å². The summed E-state index contributed by atoms with van der Waals surface area (Å²) in [5.74, 6) is 0.241. The van der Waals surface area contributed by atoms with Crippen molar-refractivity contribution in [2.45, 2.75) is 18.9 Å². The molecule has 3 aromatic rings. The largest absolute Gasteiger partial charge is 0.487 e. The molecule has 6 heteroatoms. The Morgan fingerprint density at radius 1 is 1.00 bits per heavy atom. The minimum Gasteiger partial charge on any atom is -0.487 e. The molecule has 1 heterocycles. The van der Waals surface area contributed by atoms with Crippen LogP contribution in [-0.2, 0) is 6.61 Å². The Balaban J connectivity index is 1.74. The average Bonchev–Trinajstić information content (AvgIpc) is 2.58. The third kappa shape index (κ3) is 3.65. The standard InChI is InChI=1S/C18H14F3NO2/c19-18(20,21)17(23)13-5-3-6-15(10-13)24-11-14-9-8-12-4-1-2-7-16(12)22-14/h1-10,17,23H,11H2. The van der Waals surface area contributed by atoms with Crippen molar-refractivity contribution in [3.8, 4) is 5.75 Å². The lowest BCUT2D eigenvalue weighted by molar-refractivity contribution is -0.206. The van der Waals surface area contributed by atoms with Crippen molar-refractivity contribution in [2.75, 3.05) is 0 Å². The van der Waals surface area contributed by atoms with Gasteiger partial charge in [-0.05, 0) is 29.8 Å². The van der Waals surface area contributed by atoms with Crippen LogP contribution in [0.1, 0.15) is 17.4 Å². The average molecular weight is 333 g/mol. The van der Waals surface area contributed by atoms with Gasteiger partial charge in [0.1, 0.15) is 12.4 Å². The van der Waals surface area contributed by atoms with Crippen molar-refractivity contribution >= 4 is 10.9 Å². The van der Waals surface area contributed by atoms with E-state index in [2.05, 4.69) is 4.98 Å². The maximum absolute atomic E-state index is 12.6. The fourth-order valence-corrected chi connectivity index (χ4v) is 2.31. The third-order valence-corrected chi connectivity index (χ3v) is 3.53. The van der Waals surface area contributed by atoms with E-state index in [4.69, 9.17) is 4.74 Å². The highest BCUT2D eigenvalue weighted by atomic mass is 19.4. The minimum absolute atomic E-state index is 0.121. The number of aliphatic hydroxyl groups is 1. The van der Waals surface area contributed by atoms with Gasteiger partial charge in [0, 0.05) is 5.39 Å². The highest BCUT2D eigenvalue weighted by molar-refractivity contribution is 5.78. The van der Waals surface area contributed by atoms with Crippen LogP contribution in [0.25, 0.3) is 10.9 Å². The number of fused-ring (bicyclic) bond motifs is 1. The summed E-state index contributed by atoms with van der Waals surface area (Å²) >= 11 is 0. The first-order valence-corrected chi connectivity index (χ1v) is 7.26. The molecule has 0 spiro atoms. The van der Waals surface area contributed by atoms with Crippen LogP contribution in [-0.4, -0.2) is 16.3 Å². The summed E-state index contributed by atoms with van der Waals surface area (Å²) in [4.78, 5) is 4.43. The van der Waals surface area contributed by atoms with Crippen LogP contribution >= 0.6 is 0 Å². The smallest absolute Gasteiger partial charge is 0.418 e. The summed E-state index contributed by atoms with van der Waals surface area (Å²) in [5.41, 5.74) is 1.22. The fraction of sp³-hybridized carbons (Fsp3) is 0.167. The lowest BCUT2D eigenvalue weighted by Gasteiger charge is -2.15. The van der Waals surface area contributed by atoms with Crippen LogP contribution in [0.15, 0.2) is 60.7 Å². The number of rotatable bonds is 4. The molecule has 0 saturated carbocycles. The van der Waals surface area contributed by atoms with E-state index >= 15 is 0 Å². The number of benzene rings is 2. The highest BCUT2D eigenvalue weighted by Gasteiger charge is 2.39. The molecule has 0 radical (unpaired) electrons.